The minimum atomic E-state index is 0.0382. The molecule has 0 amide bonds. The van der Waals surface area contributed by atoms with Gasteiger partial charge in [-0.05, 0) is 65.2 Å². The Balaban J connectivity index is 2.24. The average Bonchev–Trinajstić information content (AvgIpc) is 2.90. The van der Waals surface area contributed by atoms with E-state index in [-0.39, 0.29) is 12.7 Å². The van der Waals surface area contributed by atoms with Crippen molar-refractivity contribution in [2.45, 2.75) is 66.0 Å². The normalized spacial score (nSPS) is 11.4. The topological polar surface area (TPSA) is 47.3 Å². The quantitative estimate of drug-likeness (QED) is 0.666. The second-order valence-corrected chi connectivity index (χ2v) is 7.44. The molecule has 1 heterocycles. The van der Waals surface area contributed by atoms with Crippen molar-refractivity contribution in [1.29, 1.82) is 0 Å². The van der Waals surface area contributed by atoms with E-state index in [1.807, 2.05) is 26.0 Å². The fourth-order valence-corrected chi connectivity index (χ4v) is 3.08. The third-order valence-corrected chi connectivity index (χ3v) is 4.46. The Morgan fingerprint density at radius 1 is 1.19 bits per heavy atom. The molecule has 1 aromatic heterocycles. The maximum Gasteiger partial charge on any atom is 0.119 e. The fourth-order valence-electron chi connectivity index (χ4n) is 3.08. The third-order valence-electron chi connectivity index (χ3n) is 4.46. The highest BCUT2D eigenvalue weighted by Gasteiger charge is 2.17. The highest BCUT2D eigenvalue weighted by molar-refractivity contribution is 5.35. The highest BCUT2D eigenvalue weighted by atomic mass is 16.5. The largest absolute Gasteiger partial charge is 0.491 e. The number of aromatic nitrogens is 2. The van der Waals surface area contributed by atoms with E-state index < -0.39 is 0 Å². The molecular formula is C22H32N2O2. The molecule has 0 spiro atoms. The molecule has 4 heteroatoms. The van der Waals surface area contributed by atoms with Crippen molar-refractivity contribution in [3.8, 4) is 5.75 Å². The Morgan fingerprint density at radius 2 is 1.85 bits per heavy atom. The second kappa shape index (κ2) is 9.04. The van der Waals surface area contributed by atoms with Crippen LogP contribution in [0.3, 0.4) is 0 Å². The summed E-state index contributed by atoms with van der Waals surface area (Å²) in [6.07, 6.45) is 2.60. The molecule has 0 aliphatic carbocycles. The number of aliphatic hydroxyl groups excluding tert-OH is 1. The van der Waals surface area contributed by atoms with Crippen molar-refractivity contribution >= 4 is 0 Å². The molecule has 2 rings (SSSR count). The zero-order chi connectivity index (χ0) is 19.3. The summed E-state index contributed by atoms with van der Waals surface area (Å²) in [4.78, 5) is 0. The second-order valence-electron chi connectivity index (χ2n) is 7.44. The summed E-state index contributed by atoms with van der Waals surface area (Å²) in [6, 6.07) is 8.64. The van der Waals surface area contributed by atoms with E-state index in [0.717, 1.165) is 36.3 Å². The number of nitrogens with zero attached hydrogens (tertiary/aromatic N) is 2. The summed E-state index contributed by atoms with van der Waals surface area (Å²) >= 11 is 0. The maximum absolute atomic E-state index is 9.22. The molecule has 0 saturated heterocycles. The molecule has 0 atom stereocenters. The Kier molecular flexibility index (Phi) is 7.04. The van der Waals surface area contributed by atoms with Gasteiger partial charge >= 0.3 is 0 Å². The molecule has 0 aliphatic heterocycles. The zero-order valence-electron chi connectivity index (χ0n) is 16.7. The highest BCUT2D eigenvalue weighted by Crippen LogP contribution is 2.24. The molecule has 1 aromatic carbocycles. The van der Waals surface area contributed by atoms with Gasteiger partial charge in [-0.15, -0.1) is 0 Å². The molecule has 0 fully saturated rings. The molecule has 0 radical (unpaired) electrons. The molecule has 0 bridgehead atoms. The lowest BCUT2D eigenvalue weighted by molar-refractivity contribution is 0.242. The number of rotatable bonds is 9. The van der Waals surface area contributed by atoms with Crippen LogP contribution in [-0.2, 0) is 12.8 Å². The van der Waals surface area contributed by atoms with E-state index in [0.29, 0.717) is 6.04 Å². The van der Waals surface area contributed by atoms with Gasteiger partial charge < -0.3 is 9.84 Å². The smallest absolute Gasteiger partial charge is 0.119 e. The van der Waals surface area contributed by atoms with Crippen LogP contribution in [0.1, 0.15) is 62.7 Å². The molecule has 142 valence electrons. The number of hydrogen-bond acceptors (Lipinski definition) is 3. The molecule has 1 N–H and O–H groups in total. The monoisotopic (exact) mass is 356 g/mol. The molecule has 0 unspecified atom stereocenters. The van der Waals surface area contributed by atoms with E-state index in [4.69, 9.17) is 9.84 Å². The fraction of sp³-hybridized carbons (Fsp3) is 0.500. The van der Waals surface area contributed by atoms with Crippen LogP contribution >= 0.6 is 0 Å². The van der Waals surface area contributed by atoms with Crippen LogP contribution < -0.4 is 4.74 Å². The first-order valence-electron chi connectivity index (χ1n) is 9.41. The van der Waals surface area contributed by atoms with Crippen molar-refractivity contribution in [3.05, 3.63) is 58.9 Å². The average molecular weight is 357 g/mol. The van der Waals surface area contributed by atoms with Gasteiger partial charge in [0.25, 0.3) is 0 Å². The van der Waals surface area contributed by atoms with E-state index in [1.54, 1.807) is 0 Å². The summed E-state index contributed by atoms with van der Waals surface area (Å²) in [6.45, 7) is 14.4. The van der Waals surface area contributed by atoms with Crippen LogP contribution in [0.15, 0.2) is 36.4 Å². The molecule has 26 heavy (non-hydrogen) atoms. The number of hydrogen-bond donors (Lipinski definition) is 1. The lowest BCUT2D eigenvalue weighted by Gasteiger charge is -2.11. The summed E-state index contributed by atoms with van der Waals surface area (Å²) in [5, 5.41) is 14.1. The van der Waals surface area contributed by atoms with Gasteiger partial charge in [0, 0.05) is 23.7 Å². The van der Waals surface area contributed by atoms with Crippen LogP contribution in [0.2, 0.25) is 0 Å². The third kappa shape index (κ3) is 5.21. The van der Waals surface area contributed by atoms with Crippen LogP contribution in [-0.4, -0.2) is 27.6 Å². The first kappa shape index (κ1) is 20.2. The van der Waals surface area contributed by atoms with Gasteiger partial charge in [-0.2, -0.15) is 5.10 Å². The molecule has 4 nitrogen and oxygen atoms in total. The molecule has 0 saturated carbocycles. The van der Waals surface area contributed by atoms with Gasteiger partial charge in [-0.3, -0.25) is 4.68 Å². The van der Waals surface area contributed by atoms with E-state index in [2.05, 4.69) is 44.2 Å². The van der Waals surface area contributed by atoms with Crippen LogP contribution in [0, 0.1) is 6.92 Å². The van der Waals surface area contributed by atoms with Gasteiger partial charge in [-0.25, -0.2) is 0 Å². The van der Waals surface area contributed by atoms with Crippen molar-refractivity contribution in [2.24, 2.45) is 0 Å². The number of aliphatic hydroxyl groups is 1. The SMILES string of the molecule is C=C(CO)CCc1nn(C(C)C)c(C)c1Cc1ccc(OC(C)C)cc1. The van der Waals surface area contributed by atoms with E-state index in [1.165, 1.54) is 16.8 Å². The first-order valence-corrected chi connectivity index (χ1v) is 9.41. The minimum absolute atomic E-state index is 0.0382. The van der Waals surface area contributed by atoms with Crippen LogP contribution in [0.4, 0.5) is 0 Å². The predicted octanol–water partition coefficient (Wildman–Crippen LogP) is 4.63. The number of benzene rings is 1. The maximum atomic E-state index is 9.22. The van der Waals surface area contributed by atoms with Gasteiger partial charge in [-0.1, -0.05) is 24.3 Å². The summed E-state index contributed by atoms with van der Waals surface area (Å²) in [5.41, 5.74) is 5.69. The van der Waals surface area contributed by atoms with E-state index >= 15 is 0 Å². The lowest BCUT2D eigenvalue weighted by Crippen LogP contribution is -2.05. The van der Waals surface area contributed by atoms with Gasteiger partial charge in [0.1, 0.15) is 5.75 Å². The molecular weight excluding hydrogens is 324 g/mol. The zero-order valence-corrected chi connectivity index (χ0v) is 16.7. The van der Waals surface area contributed by atoms with Crippen molar-refractivity contribution in [3.63, 3.8) is 0 Å². The number of aryl methyl sites for hydroxylation is 1. The Bertz CT molecular complexity index is 727. The Morgan fingerprint density at radius 3 is 2.38 bits per heavy atom. The summed E-state index contributed by atoms with van der Waals surface area (Å²) in [7, 11) is 0. The standard InChI is InChI=1S/C22H32N2O2/c1-15(2)24-18(6)21(22(23-24)12-7-17(5)14-25)13-19-8-10-20(11-9-19)26-16(3)4/h8-11,15-16,25H,5,7,12-14H2,1-4,6H3. The van der Waals surface area contributed by atoms with Crippen LogP contribution in [0.5, 0.6) is 5.75 Å². The predicted molar refractivity (Wildman–Crippen MR) is 107 cm³/mol. The summed E-state index contributed by atoms with van der Waals surface area (Å²) in [5.74, 6) is 0.901. The van der Waals surface area contributed by atoms with Gasteiger partial charge in [0.05, 0.1) is 18.4 Å². The first-order chi connectivity index (χ1) is 12.3. The van der Waals surface area contributed by atoms with Crippen LogP contribution in [0.25, 0.3) is 0 Å². The van der Waals surface area contributed by atoms with Crippen molar-refractivity contribution in [2.75, 3.05) is 6.61 Å². The van der Waals surface area contributed by atoms with Gasteiger partial charge in [0.15, 0.2) is 0 Å². The lowest BCUT2D eigenvalue weighted by atomic mass is 9.99. The summed E-state index contributed by atoms with van der Waals surface area (Å²) < 4.78 is 7.83. The van der Waals surface area contributed by atoms with Crippen molar-refractivity contribution < 1.29 is 9.84 Å². The minimum Gasteiger partial charge on any atom is -0.491 e. The number of ether oxygens (including phenoxy) is 1. The van der Waals surface area contributed by atoms with Gasteiger partial charge in [0.2, 0.25) is 0 Å². The molecule has 0 aliphatic rings. The van der Waals surface area contributed by atoms with Crippen molar-refractivity contribution in [1.82, 2.24) is 9.78 Å². The Hall–Kier alpha value is -2.07. The molecule has 2 aromatic rings. The van der Waals surface area contributed by atoms with E-state index in [9.17, 15) is 5.11 Å². The Labute approximate surface area is 157 Å².